The monoisotopic (exact) mass is 472 g/mol. The molecule has 9 nitrogen and oxygen atoms in total. The number of nitrogens with zero attached hydrogens (tertiary/aromatic N) is 2. The molecule has 0 unspecified atom stereocenters. The van der Waals surface area contributed by atoms with E-state index in [4.69, 9.17) is 10.5 Å². The van der Waals surface area contributed by atoms with Gasteiger partial charge in [-0.15, -0.1) is 11.3 Å². The SMILES string of the molecule is CCCCN(CC)S(=O)(=O)c1cc(C(N)=O)c(NC(=O)/C(=N/C)O/C(C)=C(/C)CC)s1. The van der Waals surface area contributed by atoms with Crippen LogP contribution in [0.25, 0.3) is 0 Å². The highest BCUT2D eigenvalue weighted by Gasteiger charge is 2.29. The Balaban J connectivity index is 3.25. The first-order valence-corrected chi connectivity index (χ1v) is 12.3. The fourth-order valence-corrected chi connectivity index (χ4v) is 5.52. The molecule has 2 amide bonds. The van der Waals surface area contributed by atoms with Crippen molar-refractivity contribution in [3.8, 4) is 0 Å². The number of hydrogen-bond acceptors (Lipinski definition) is 7. The number of allylic oxidation sites excluding steroid dienone is 2. The molecule has 0 bridgehead atoms. The van der Waals surface area contributed by atoms with Crippen molar-refractivity contribution in [1.82, 2.24) is 4.31 Å². The number of unbranched alkanes of at least 4 members (excludes halogenated alkanes) is 1. The van der Waals surface area contributed by atoms with E-state index in [-0.39, 0.29) is 27.2 Å². The van der Waals surface area contributed by atoms with Crippen molar-refractivity contribution < 1.29 is 22.7 Å². The fourth-order valence-electron chi connectivity index (χ4n) is 2.51. The Bertz CT molecular complexity index is 964. The molecule has 1 aromatic heterocycles. The number of rotatable bonds is 10. The lowest BCUT2D eigenvalue weighted by Gasteiger charge is -2.18. The number of sulfonamides is 1. The maximum atomic E-state index is 13.0. The minimum Gasteiger partial charge on any atom is -0.440 e. The Kier molecular flexibility index (Phi) is 10.3. The Hall–Kier alpha value is -2.24. The normalized spacial score (nSPS) is 13.2. The number of nitrogens with one attached hydrogen (secondary N) is 1. The number of carbonyl (C=O) groups excluding carboxylic acids is 2. The predicted molar refractivity (Wildman–Crippen MR) is 124 cm³/mol. The zero-order valence-corrected chi connectivity index (χ0v) is 20.6. The molecule has 0 saturated carbocycles. The van der Waals surface area contributed by atoms with Gasteiger partial charge in [0.25, 0.3) is 21.8 Å². The van der Waals surface area contributed by atoms with Gasteiger partial charge in [0, 0.05) is 20.1 Å². The lowest BCUT2D eigenvalue weighted by Crippen LogP contribution is -2.31. The highest BCUT2D eigenvalue weighted by atomic mass is 32.2. The minimum absolute atomic E-state index is 0.0289. The summed E-state index contributed by atoms with van der Waals surface area (Å²) in [7, 11) is -2.43. The van der Waals surface area contributed by atoms with Crippen molar-refractivity contribution in [3.05, 3.63) is 23.0 Å². The number of thiophene rings is 1. The van der Waals surface area contributed by atoms with Gasteiger partial charge in [-0.1, -0.05) is 27.2 Å². The molecule has 31 heavy (non-hydrogen) atoms. The Morgan fingerprint density at radius 3 is 2.39 bits per heavy atom. The van der Waals surface area contributed by atoms with Gasteiger partial charge in [0.1, 0.15) is 15.0 Å². The van der Waals surface area contributed by atoms with Gasteiger partial charge in [-0.2, -0.15) is 4.31 Å². The quantitative estimate of drug-likeness (QED) is 0.306. The largest absolute Gasteiger partial charge is 0.440 e. The summed E-state index contributed by atoms with van der Waals surface area (Å²) in [6, 6.07) is 1.20. The topological polar surface area (TPSA) is 131 Å². The van der Waals surface area contributed by atoms with E-state index in [1.807, 2.05) is 20.8 Å². The van der Waals surface area contributed by atoms with Crippen molar-refractivity contribution in [2.24, 2.45) is 10.7 Å². The molecule has 0 fully saturated rings. The van der Waals surface area contributed by atoms with Crippen LogP contribution in [0.1, 0.15) is 64.2 Å². The van der Waals surface area contributed by atoms with Crippen LogP contribution in [0.3, 0.4) is 0 Å². The summed E-state index contributed by atoms with van der Waals surface area (Å²) < 4.78 is 32.8. The number of primary amides is 1. The number of nitrogens with two attached hydrogens (primary N) is 1. The van der Waals surface area contributed by atoms with E-state index in [0.717, 1.165) is 29.8 Å². The third kappa shape index (κ3) is 6.88. The second kappa shape index (κ2) is 12.0. The molecule has 0 aliphatic heterocycles. The zero-order chi connectivity index (χ0) is 23.8. The first-order valence-electron chi connectivity index (χ1n) is 10.1. The average molecular weight is 473 g/mol. The van der Waals surface area contributed by atoms with Gasteiger partial charge in [0.05, 0.1) is 5.56 Å². The second-order valence-corrected chi connectivity index (χ2v) is 10.0. The molecule has 3 N–H and O–H groups in total. The van der Waals surface area contributed by atoms with E-state index in [1.165, 1.54) is 17.4 Å². The van der Waals surface area contributed by atoms with Crippen LogP contribution in [0.2, 0.25) is 0 Å². The van der Waals surface area contributed by atoms with Gasteiger partial charge in [-0.05, 0) is 38.3 Å². The molecule has 0 radical (unpaired) electrons. The van der Waals surface area contributed by atoms with Gasteiger partial charge >= 0.3 is 5.91 Å². The number of anilines is 1. The Morgan fingerprint density at radius 2 is 1.90 bits per heavy atom. The number of amides is 2. The molecular formula is C20H32N4O5S2. The summed E-state index contributed by atoms with van der Waals surface area (Å²) >= 11 is 0.773. The summed E-state index contributed by atoms with van der Waals surface area (Å²) in [6.07, 6.45) is 2.30. The summed E-state index contributed by atoms with van der Waals surface area (Å²) in [5.41, 5.74) is 6.28. The van der Waals surface area contributed by atoms with Crippen molar-refractivity contribution in [3.63, 3.8) is 0 Å². The molecule has 1 aromatic rings. The van der Waals surface area contributed by atoms with E-state index in [2.05, 4.69) is 10.3 Å². The maximum Gasteiger partial charge on any atom is 0.311 e. The Labute approximate surface area is 188 Å². The molecule has 11 heteroatoms. The van der Waals surface area contributed by atoms with E-state index in [0.29, 0.717) is 18.7 Å². The molecular weight excluding hydrogens is 440 g/mol. The molecule has 0 aromatic carbocycles. The van der Waals surface area contributed by atoms with Gasteiger partial charge in [0.2, 0.25) is 0 Å². The highest BCUT2D eigenvalue weighted by molar-refractivity contribution is 7.91. The van der Waals surface area contributed by atoms with Crippen LogP contribution in [-0.2, 0) is 19.6 Å². The van der Waals surface area contributed by atoms with Crippen LogP contribution in [0.5, 0.6) is 0 Å². The van der Waals surface area contributed by atoms with Crippen LogP contribution < -0.4 is 11.1 Å². The fraction of sp³-hybridized carbons (Fsp3) is 0.550. The number of hydrogen-bond donors (Lipinski definition) is 2. The predicted octanol–water partition coefficient (Wildman–Crippen LogP) is 3.35. The third-order valence-corrected chi connectivity index (χ3v) is 8.16. The average Bonchev–Trinajstić information content (AvgIpc) is 3.16. The standard InChI is InChI=1S/C20H32N4O5S2/c1-7-10-11-24(9-3)31(27,28)16-12-15(17(21)25)20(30-16)23-18(26)19(22-6)29-14(5)13(4)8-2/h12H,7-11H2,1-6H3,(H2,21,25)(H,23,26)/b14-13-,22-19-. The van der Waals surface area contributed by atoms with Crippen molar-refractivity contribution in [2.45, 2.75) is 58.1 Å². The Morgan fingerprint density at radius 1 is 1.26 bits per heavy atom. The molecule has 0 spiro atoms. The third-order valence-electron chi connectivity index (χ3n) is 4.69. The van der Waals surface area contributed by atoms with E-state index >= 15 is 0 Å². The highest BCUT2D eigenvalue weighted by Crippen LogP contribution is 2.33. The lowest BCUT2D eigenvalue weighted by molar-refractivity contribution is -0.111. The van der Waals surface area contributed by atoms with E-state index in [1.54, 1.807) is 13.8 Å². The second-order valence-electron chi connectivity index (χ2n) is 6.80. The summed E-state index contributed by atoms with van der Waals surface area (Å²) in [4.78, 5) is 28.4. The van der Waals surface area contributed by atoms with Gasteiger partial charge in [-0.25, -0.2) is 13.4 Å². The molecule has 0 aliphatic rings. The summed E-state index contributed by atoms with van der Waals surface area (Å²) in [5, 5.41) is 2.54. The van der Waals surface area contributed by atoms with Crippen LogP contribution >= 0.6 is 11.3 Å². The van der Waals surface area contributed by atoms with Crippen molar-refractivity contribution in [1.29, 1.82) is 0 Å². The molecule has 1 heterocycles. The summed E-state index contributed by atoms with van der Waals surface area (Å²) in [6.45, 7) is 9.92. The smallest absolute Gasteiger partial charge is 0.311 e. The van der Waals surface area contributed by atoms with Crippen molar-refractivity contribution in [2.75, 3.05) is 25.5 Å². The molecule has 0 saturated heterocycles. The van der Waals surface area contributed by atoms with Gasteiger partial charge in [-0.3, -0.25) is 9.59 Å². The summed E-state index contributed by atoms with van der Waals surface area (Å²) in [5.74, 6) is -1.23. The van der Waals surface area contributed by atoms with Gasteiger partial charge in [0.15, 0.2) is 0 Å². The van der Waals surface area contributed by atoms with Crippen LogP contribution in [0, 0.1) is 0 Å². The first-order chi connectivity index (χ1) is 14.5. The zero-order valence-electron chi connectivity index (χ0n) is 18.9. The first kappa shape index (κ1) is 26.8. The molecule has 1 rings (SSSR count). The lowest BCUT2D eigenvalue weighted by atomic mass is 10.2. The van der Waals surface area contributed by atoms with Crippen LogP contribution in [-0.4, -0.2) is 50.6 Å². The van der Waals surface area contributed by atoms with Crippen molar-refractivity contribution >= 4 is 44.1 Å². The van der Waals surface area contributed by atoms with E-state index < -0.39 is 21.8 Å². The van der Waals surface area contributed by atoms with Crippen LogP contribution in [0.15, 0.2) is 26.6 Å². The van der Waals surface area contributed by atoms with E-state index in [9.17, 15) is 18.0 Å². The number of aliphatic imine (C=N–C) groups is 1. The number of carbonyl (C=O) groups is 2. The molecule has 174 valence electrons. The molecule has 0 atom stereocenters. The molecule has 0 aliphatic carbocycles. The minimum atomic E-state index is -3.83. The van der Waals surface area contributed by atoms with Crippen LogP contribution in [0.4, 0.5) is 5.00 Å². The maximum absolute atomic E-state index is 13.0. The number of ether oxygens (including phenoxy) is 1. The van der Waals surface area contributed by atoms with Gasteiger partial charge < -0.3 is 15.8 Å².